The van der Waals surface area contributed by atoms with Crippen LogP contribution in [-0.4, -0.2) is 56.0 Å². The van der Waals surface area contributed by atoms with Crippen molar-refractivity contribution in [3.63, 3.8) is 0 Å². The summed E-state index contributed by atoms with van der Waals surface area (Å²) in [5, 5.41) is 3.14. The fourth-order valence-electron chi connectivity index (χ4n) is 1.77. The number of nitrogens with one attached hydrogen (secondary N) is 1. The highest BCUT2D eigenvalue weighted by molar-refractivity contribution is 5.68. The normalized spacial score (nSPS) is 25.9. The molecule has 5 heteroatoms. The van der Waals surface area contributed by atoms with Crippen LogP contribution in [0.5, 0.6) is 0 Å². The van der Waals surface area contributed by atoms with E-state index in [0.29, 0.717) is 13.1 Å². The molecule has 1 rings (SSSR count). The van der Waals surface area contributed by atoms with Crippen molar-refractivity contribution in [1.29, 1.82) is 0 Å². The zero-order valence-corrected chi connectivity index (χ0v) is 10.7. The van der Waals surface area contributed by atoms with Gasteiger partial charge in [0.15, 0.2) is 0 Å². The summed E-state index contributed by atoms with van der Waals surface area (Å²) in [4.78, 5) is 13.5. The highest BCUT2D eigenvalue weighted by Gasteiger charge is 2.36. The summed E-state index contributed by atoms with van der Waals surface area (Å²) in [7, 11) is 3.53. The van der Waals surface area contributed by atoms with Crippen LogP contribution in [0.4, 0.5) is 4.79 Å². The first kappa shape index (κ1) is 13.3. The van der Waals surface area contributed by atoms with Crippen molar-refractivity contribution in [3.05, 3.63) is 0 Å². The van der Waals surface area contributed by atoms with Crippen LogP contribution in [0.15, 0.2) is 0 Å². The third-order valence-electron chi connectivity index (χ3n) is 2.59. The fourth-order valence-corrected chi connectivity index (χ4v) is 1.77. The van der Waals surface area contributed by atoms with E-state index in [-0.39, 0.29) is 18.2 Å². The van der Waals surface area contributed by atoms with Crippen molar-refractivity contribution in [1.82, 2.24) is 10.2 Å². The van der Waals surface area contributed by atoms with Crippen LogP contribution >= 0.6 is 0 Å². The van der Waals surface area contributed by atoms with E-state index in [1.807, 2.05) is 27.8 Å². The number of likely N-dealkylation sites (tertiary alicyclic amines) is 1. The molecule has 0 saturated carbocycles. The first-order valence-electron chi connectivity index (χ1n) is 5.55. The minimum absolute atomic E-state index is 0.0394. The lowest BCUT2D eigenvalue weighted by molar-refractivity contribution is 0.0252. The Bertz CT molecular complexity index is 238. The van der Waals surface area contributed by atoms with Gasteiger partial charge in [0.1, 0.15) is 5.60 Å². The van der Waals surface area contributed by atoms with Crippen LogP contribution in [0.1, 0.15) is 20.8 Å². The average Bonchev–Trinajstić information content (AvgIpc) is 2.57. The van der Waals surface area contributed by atoms with Gasteiger partial charge in [-0.2, -0.15) is 0 Å². The zero-order chi connectivity index (χ0) is 12.3. The van der Waals surface area contributed by atoms with Gasteiger partial charge in [0.25, 0.3) is 0 Å². The molecular weight excluding hydrogens is 208 g/mol. The van der Waals surface area contributed by atoms with Gasteiger partial charge < -0.3 is 19.7 Å². The lowest BCUT2D eigenvalue weighted by atomic mass is 10.2. The number of carbonyl (C=O) groups excluding carboxylic acids is 1. The smallest absolute Gasteiger partial charge is 0.410 e. The van der Waals surface area contributed by atoms with E-state index in [9.17, 15) is 4.79 Å². The molecule has 1 amide bonds. The van der Waals surface area contributed by atoms with Gasteiger partial charge in [0.05, 0.1) is 18.7 Å². The number of nitrogens with zero attached hydrogens (tertiary/aromatic N) is 1. The van der Waals surface area contributed by atoms with Crippen LogP contribution < -0.4 is 5.32 Å². The molecule has 0 radical (unpaired) electrons. The van der Waals surface area contributed by atoms with Crippen molar-refractivity contribution >= 4 is 6.09 Å². The third kappa shape index (κ3) is 3.35. The third-order valence-corrected chi connectivity index (χ3v) is 2.59. The minimum Gasteiger partial charge on any atom is -0.444 e. The van der Waals surface area contributed by atoms with Gasteiger partial charge >= 0.3 is 6.09 Å². The molecule has 2 atom stereocenters. The summed E-state index contributed by atoms with van der Waals surface area (Å²) in [6, 6.07) is 0.178. The molecule has 0 aromatic carbocycles. The summed E-state index contributed by atoms with van der Waals surface area (Å²) in [6.45, 7) is 6.81. The monoisotopic (exact) mass is 230 g/mol. The Kier molecular flexibility index (Phi) is 4.15. The molecule has 16 heavy (non-hydrogen) atoms. The van der Waals surface area contributed by atoms with Gasteiger partial charge in [-0.3, -0.25) is 0 Å². The molecule has 1 saturated heterocycles. The van der Waals surface area contributed by atoms with Crippen LogP contribution in [0.25, 0.3) is 0 Å². The molecule has 5 nitrogen and oxygen atoms in total. The van der Waals surface area contributed by atoms with Crippen molar-refractivity contribution in [3.8, 4) is 0 Å². The van der Waals surface area contributed by atoms with E-state index in [0.717, 1.165) is 0 Å². The molecule has 2 unspecified atom stereocenters. The summed E-state index contributed by atoms with van der Waals surface area (Å²) < 4.78 is 10.6. The van der Waals surface area contributed by atoms with Crippen molar-refractivity contribution < 1.29 is 14.3 Å². The summed E-state index contributed by atoms with van der Waals surface area (Å²) in [6.07, 6.45) is -0.232. The predicted molar refractivity (Wildman–Crippen MR) is 61.5 cm³/mol. The molecule has 1 heterocycles. The zero-order valence-electron chi connectivity index (χ0n) is 10.7. The highest BCUT2D eigenvalue weighted by Crippen LogP contribution is 2.17. The second-order valence-electron chi connectivity index (χ2n) is 5.05. The van der Waals surface area contributed by atoms with E-state index >= 15 is 0 Å². The maximum Gasteiger partial charge on any atom is 0.410 e. The number of hydrogen-bond acceptors (Lipinski definition) is 4. The lowest BCUT2D eigenvalue weighted by Crippen LogP contribution is -2.38. The largest absolute Gasteiger partial charge is 0.444 e. The Hall–Kier alpha value is -0.810. The van der Waals surface area contributed by atoms with Gasteiger partial charge in [0.2, 0.25) is 0 Å². The average molecular weight is 230 g/mol. The Morgan fingerprint density at radius 2 is 2.00 bits per heavy atom. The van der Waals surface area contributed by atoms with E-state index in [1.165, 1.54) is 0 Å². The second kappa shape index (κ2) is 5.01. The van der Waals surface area contributed by atoms with Crippen LogP contribution in [-0.2, 0) is 9.47 Å². The van der Waals surface area contributed by atoms with E-state index in [4.69, 9.17) is 9.47 Å². The van der Waals surface area contributed by atoms with Crippen molar-refractivity contribution in [2.75, 3.05) is 27.2 Å². The number of carbonyl (C=O) groups is 1. The number of methoxy groups -OCH3 is 1. The van der Waals surface area contributed by atoms with Crippen LogP contribution in [0, 0.1) is 0 Å². The maximum atomic E-state index is 11.8. The Labute approximate surface area is 97.1 Å². The summed E-state index contributed by atoms with van der Waals surface area (Å²) in [5.74, 6) is 0. The number of ether oxygens (including phenoxy) is 2. The molecule has 1 aliphatic heterocycles. The van der Waals surface area contributed by atoms with Gasteiger partial charge in [-0.25, -0.2) is 4.79 Å². The minimum atomic E-state index is -0.447. The SMILES string of the molecule is CNC1CN(C(=O)OC(C)(C)C)CC1OC. The molecule has 94 valence electrons. The highest BCUT2D eigenvalue weighted by atomic mass is 16.6. The first-order chi connectivity index (χ1) is 7.37. The van der Waals surface area contributed by atoms with Crippen molar-refractivity contribution in [2.24, 2.45) is 0 Å². The molecule has 1 N–H and O–H groups in total. The van der Waals surface area contributed by atoms with E-state index in [1.54, 1.807) is 12.0 Å². The number of likely N-dealkylation sites (N-methyl/N-ethyl adjacent to an activating group) is 1. The topological polar surface area (TPSA) is 50.8 Å². The van der Waals surface area contributed by atoms with Gasteiger partial charge in [0, 0.05) is 13.7 Å². The molecule has 1 aliphatic rings. The summed E-state index contributed by atoms with van der Waals surface area (Å²) in [5.41, 5.74) is -0.447. The molecule has 0 aromatic heterocycles. The van der Waals surface area contributed by atoms with Crippen LogP contribution in [0.2, 0.25) is 0 Å². The van der Waals surface area contributed by atoms with Gasteiger partial charge in [-0.15, -0.1) is 0 Å². The molecule has 0 aliphatic carbocycles. The Balaban J connectivity index is 2.54. The molecular formula is C11H22N2O3. The standard InChI is InChI=1S/C11H22N2O3/c1-11(2,3)16-10(14)13-6-8(12-4)9(7-13)15-5/h8-9,12H,6-7H2,1-5H3. The molecule has 0 bridgehead atoms. The first-order valence-corrected chi connectivity index (χ1v) is 5.55. The fraction of sp³-hybridized carbons (Fsp3) is 0.909. The molecule has 0 aromatic rings. The molecule has 1 fully saturated rings. The quantitative estimate of drug-likeness (QED) is 0.763. The summed E-state index contributed by atoms with van der Waals surface area (Å²) >= 11 is 0. The Morgan fingerprint density at radius 1 is 1.38 bits per heavy atom. The number of hydrogen-bond donors (Lipinski definition) is 1. The molecule has 0 spiro atoms. The number of amides is 1. The number of rotatable bonds is 2. The maximum absolute atomic E-state index is 11.8. The Morgan fingerprint density at radius 3 is 2.38 bits per heavy atom. The van der Waals surface area contributed by atoms with Gasteiger partial charge in [-0.05, 0) is 27.8 Å². The van der Waals surface area contributed by atoms with Gasteiger partial charge in [-0.1, -0.05) is 0 Å². The predicted octanol–water partition coefficient (Wildman–Crippen LogP) is 0.840. The van der Waals surface area contributed by atoms with Crippen LogP contribution in [0.3, 0.4) is 0 Å². The van der Waals surface area contributed by atoms with Crippen molar-refractivity contribution in [2.45, 2.75) is 38.5 Å². The van der Waals surface area contributed by atoms with E-state index in [2.05, 4.69) is 5.32 Å². The van der Waals surface area contributed by atoms with E-state index < -0.39 is 5.60 Å². The lowest BCUT2D eigenvalue weighted by Gasteiger charge is -2.24. The second-order valence-corrected chi connectivity index (χ2v) is 5.05.